The molecule has 0 aliphatic rings. The molecule has 2 aromatic rings. The van der Waals surface area contributed by atoms with Crippen molar-refractivity contribution in [3.63, 3.8) is 0 Å². The van der Waals surface area contributed by atoms with E-state index in [-0.39, 0.29) is 0 Å². The molecule has 1 aromatic heterocycles. The Labute approximate surface area is 92.5 Å². The number of carbonyl (C=O) groups is 1. The van der Waals surface area contributed by atoms with Crippen LogP contribution in [0.25, 0.3) is 11.3 Å². The highest BCUT2D eigenvalue weighted by molar-refractivity contribution is 6.31. The predicted molar refractivity (Wildman–Crippen MR) is 59.3 cm³/mol. The van der Waals surface area contributed by atoms with Crippen molar-refractivity contribution in [2.24, 2.45) is 0 Å². The van der Waals surface area contributed by atoms with Gasteiger partial charge < -0.3 is 4.42 Å². The smallest absolute Gasteiger partial charge is 0.185 e. The molecule has 0 aliphatic carbocycles. The minimum Gasteiger partial charge on any atom is -0.453 e. The monoisotopic (exact) mass is 220 g/mol. The first-order valence-corrected chi connectivity index (χ1v) is 4.90. The minimum absolute atomic E-state index is 0.321. The first-order valence-electron chi connectivity index (χ1n) is 4.52. The number of hydrogen-bond donors (Lipinski definition) is 0. The summed E-state index contributed by atoms with van der Waals surface area (Å²) in [7, 11) is 0. The number of halogens is 1. The maximum Gasteiger partial charge on any atom is 0.185 e. The molecule has 2 rings (SSSR count). The molecule has 0 bridgehead atoms. The maximum atomic E-state index is 10.5. The standard InChI is InChI=1S/C12H9ClO2/c1-8-2-3-9(6-11(8)13)12-5-4-10(7-14)15-12/h2-7H,1H3. The van der Waals surface area contributed by atoms with E-state index in [9.17, 15) is 4.79 Å². The molecule has 0 N–H and O–H groups in total. The van der Waals surface area contributed by atoms with Crippen molar-refractivity contribution in [3.05, 3.63) is 46.7 Å². The molecule has 0 amide bonds. The van der Waals surface area contributed by atoms with Crippen molar-refractivity contribution in [1.29, 1.82) is 0 Å². The summed E-state index contributed by atoms with van der Waals surface area (Å²) in [5.74, 6) is 0.973. The Hall–Kier alpha value is -1.54. The third-order valence-corrected chi connectivity index (χ3v) is 2.61. The van der Waals surface area contributed by atoms with E-state index in [0.29, 0.717) is 22.8 Å². The summed E-state index contributed by atoms with van der Waals surface area (Å²) in [6.07, 6.45) is 0.680. The quantitative estimate of drug-likeness (QED) is 0.722. The second kappa shape index (κ2) is 3.91. The van der Waals surface area contributed by atoms with Crippen LogP contribution in [0.2, 0.25) is 5.02 Å². The number of carbonyl (C=O) groups excluding carboxylic acids is 1. The van der Waals surface area contributed by atoms with Gasteiger partial charge in [-0.05, 0) is 30.7 Å². The lowest BCUT2D eigenvalue weighted by molar-refractivity contribution is 0.110. The number of aryl methyl sites for hydroxylation is 1. The maximum absolute atomic E-state index is 10.5. The van der Waals surface area contributed by atoms with Gasteiger partial charge in [-0.1, -0.05) is 23.7 Å². The van der Waals surface area contributed by atoms with E-state index in [2.05, 4.69) is 0 Å². The van der Waals surface area contributed by atoms with Crippen LogP contribution in [0.15, 0.2) is 34.7 Å². The molecule has 0 fully saturated rings. The van der Waals surface area contributed by atoms with Crippen LogP contribution in [0.4, 0.5) is 0 Å². The second-order valence-corrected chi connectivity index (χ2v) is 3.69. The van der Waals surface area contributed by atoms with E-state index in [1.165, 1.54) is 0 Å². The van der Waals surface area contributed by atoms with Gasteiger partial charge in [0.1, 0.15) is 5.76 Å². The van der Waals surface area contributed by atoms with E-state index in [1.54, 1.807) is 12.1 Å². The Morgan fingerprint density at radius 3 is 2.67 bits per heavy atom. The van der Waals surface area contributed by atoms with E-state index in [0.717, 1.165) is 11.1 Å². The third-order valence-electron chi connectivity index (χ3n) is 2.20. The van der Waals surface area contributed by atoms with Crippen LogP contribution in [0.5, 0.6) is 0 Å². The zero-order chi connectivity index (χ0) is 10.8. The largest absolute Gasteiger partial charge is 0.453 e. The zero-order valence-electron chi connectivity index (χ0n) is 8.16. The highest BCUT2D eigenvalue weighted by atomic mass is 35.5. The fourth-order valence-corrected chi connectivity index (χ4v) is 1.50. The predicted octanol–water partition coefficient (Wildman–Crippen LogP) is 3.72. The van der Waals surface area contributed by atoms with Gasteiger partial charge in [-0.25, -0.2) is 0 Å². The summed E-state index contributed by atoms with van der Waals surface area (Å²) >= 11 is 5.99. The normalized spacial score (nSPS) is 10.3. The lowest BCUT2D eigenvalue weighted by Gasteiger charge is -2.00. The van der Waals surface area contributed by atoms with Gasteiger partial charge in [-0.15, -0.1) is 0 Å². The Morgan fingerprint density at radius 1 is 1.27 bits per heavy atom. The minimum atomic E-state index is 0.321. The molecule has 0 spiro atoms. The van der Waals surface area contributed by atoms with Crippen molar-refractivity contribution in [3.8, 4) is 11.3 Å². The number of hydrogen-bond acceptors (Lipinski definition) is 2. The fourth-order valence-electron chi connectivity index (χ4n) is 1.32. The first-order chi connectivity index (χ1) is 7.20. The molecule has 0 saturated heterocycles. The van der Waals surface area contributed by atoms with Gasteiger partial charge in [0.15, 0.2) is 12.0 Å². The fraction of sp³-hybridized carbons (Fsp3) is 0.0833. The molecule has 0 saturated carbocycles. The van der Waals surface area contributed by atoms with Crippen LogP contribution in [0, 0.1) is 6.92 Å². The summed E-state index contributed by atoms with van der Waals surface area (Å²) < 4.78 is 5.29. The summed E-state index contributed by atoms with van der Waals surface area (Å²) in [6.45, 7) is 1.94. The SMILES string of the molecule is Cc1ccc(-c2ccc(C=O)o2)cc1Cl. The Kier molecular flexibility index (Phi) is 2.60. The molecule has 76 valence electrons. The van der Waals surface area contributed by atoms with Crippen molar-refractivity contribution >= 4 is 17.9 Å². The number of aldehydes is 1. The summed E-state index contributed by atoms with van der Waals surface area (Å²) in [5, 5.41) is 0.691. The number of benzene rings is 1. The zero-order valence-corrected chi connectivity index (χ0v) is 8.91. The van der Waals surface area contributed by atoms with Crippen LogP contribution >= 0.6 is 11.6 Å². The van der Waals surface area contributed by atoms with Crippen LogP contribution in [-0.4, -0.2) is 6.29 Å². The molecule has 0 radical (unpaired) electrons. The van der Waals surface area contributed by atoms with Gasteiger partial charge in [0.2, 0.25) is 0 Å². The second-order valence-electron chi connectivity index (χ2n) is 3.28. The van der Waals surface area contributed by atoms with Gasteiger partial charge in [0, 0.05) is 10.6 Å². The molecule has 0 unspecified atom stereocenters. The lowest BCUT2D eigenvalue weighted by atomic mass is 10.1. The Bertz CT molecular complexity index is 500. The summed E-state index contributed by atoms with van der Waals surface area (Å²) in [5.41, 5.74) is 1.89. The number of rotatable bonds is 2. The van der Waals surface area contributed by atoms with Crippen molar-refractivity contribution in [2.45, 2.75) is 6.92 Å². The van der Waals surface area contributed by atoms with Crippen LogP contribution in [-0.2, 0) is 0 Å². The molecule has 3 heteroatoms. The van der Waals surface area contributed by atoms with Crippen molar-refractivity contribution < 1.29 is 9.21 Å². The average molecular weight is 221 g/mol. The molecule has 1 aromatic carbocycles. The topological polar surface area (TPSA) is 30.2 Å². The lowest BCUT2D eigenvalue weighted by Crippen LogP contribution is -1.78. The third kappa shape index (κ3) is 1.95. The average Bonchev–Trinajstić information content (AvgIpc) is 2.70. The van der Waals surface area contributed by atoms with Gasteiger partial charge in [0.25, 0.3) is 0 Å². The molecule has 1 heterocycles. The van der Waals surface area contributed by atoms with Gasteiger partial charge >= 0.3 is 0 Å². The summed E-state index contributed by atoms with van der Waals surface area (Å²) in [4.78, 5) is 10.5. The first kappa shape index (κ1) is 9.99. The van der Waals surface area contributed by atoms with E-state index in [4.69, 9.17) is 16.0 Å². The van der Waals surface area contributed by atoms with E-state index < -0.39 is 0 Å². The van der Waals surface area contributed by atoms with Gasteiger partial charge in [0.05, 0.1) is 0 Å². The highest BCUT2D eigenvalue weighted by Gasteiger charge is 2.05. The highest BCUT2D eigenvalue weighted by Crippen LogP contribution is 2.26. The molecule has 0 atom stereocenters. The van der Waals surface area contributed by atoms with Crippen molar-refractivity contribution in [1.82, 2.24) is 0 Å². The number of furan rings is 1. The Morgan fingerprint density at radius 2 is 2.07 bits per heavy atom. The van der Waals surface area contributed by atoms with Crippen molar-refractivity contribution in [2.75, 3.05) is 0 Å². The van der Waals surface area contributed by atoms with E-state index >= 15 is 0 Å². The molecule has 0 aliphatic heterocycles. The summed E-state index contributed by atoms with van der Waals surface area (Å²) in [6, 6.07) is 9.04. The Balaban J connectivity index is 2.44. The molecule has 15 heavy (non-hydrogen) atoms. The molecular weight excluding hydrogens is 212 g/mol. The van der Waals surface area contributed by atoms with Crippen LogP contribution in [0.3, 0.4) is 0 Å². The molecular formula is C12H9ClO2. The van der Waals surface area contributed by atoms with Gasteiger partial charge in [-0.3, -0.25) is 4.79 Å². The van der Waals surface area contributed by atoms with Crippen LogP contribution in [0.1, 0.15) is 16.1 Å². The molecule has 2 nitrogen and oxygen atoms in total. The van der Waals surface area contributed by atoms with Crippen LogP contribution < -0.4 is 0 Å². The van der Waals surface area contributed by atoms with Gasteiger partial charge in [-0.2, -0.15) is 0 Å². The van der Waals surface area contributed by atoms with E-state index in [1.807, 2.05) is 25.1 Å².